The number of aliphatic carboxylic acids is 1. The molecule has 11 heteroatoms. The summed E-state index contributed by atoms with van der Waals surface area (Å²) in [5.41, 5.74) is 1.64. The van der Waals surface area contributed by atoms with Gasteiger partial charge in [0.2, 0.25) is 5.16 Å². The number of nitrogens with one attached hydrogen (secondary N) is 1. The van der Waals surface area contributed by atoms with Crippen molar-refractivity contribution in [3.63, 3.8) is 0 Å². The number of ether oxygens (including phenoxy) is 2. The molecule has 184 valence electrons. The van der Waals surface area contributed by atoms with Crippen molar-refractivity contribution in [1.29, 1.82) is 0 Å². The van der Waals surface area contributed by atoms with Crippen LogP contribution in [-0.4, -0.2) is 33.4 Å². The van der Waals surface area contributed by atoms with Gasteiger partial charge in [0.1, 0.15) is 28.8 Å². The number of halogens is 3. The average molecular weight is 591 g/mol. The van der Waals surface area contributed by atoms with Gasteiger partial charge in [0.15, 0.2) is 5.82 Å². The second-order valence-corrected chi connectivity index (χ2v) is 9.60. The van der Waals surface area contributed by atoms with E-state index in [9.17, 15) is 14.3 Å². The summed E-state index contributed by atoms with van der Waals surface area (Å²) in [7, 11) is 1.53. The number of aromatic nitrogens is 3. The maximum Gasteiger partial charge on any atom is 0.342 e. The van der Waals surface area contributed by atoms with Crippen LogP contribution in [-0.2, 0) is 11.4 Å². The first-order valence-corrected chi connectivity index (χ1v) is 12.4. The van der Waals surface area contributed by atoms with E-state index < -0.39 is 5.97 Å². The Kier molecular flexibility index (Phi) is 8.29. The number of carbonyl (C=O) groups is 1. The van der Waals surface area contributed by atoms with E-state index in [0.29, 0.717) is 43.5 Å². The van der Waals surface area contributed by atoms with Gasteiger partial charge >= 0.3 is 5.97 Å². The summed E-state index contributed by atoms with van der Waals surface area (Å²) in [4.78, 5) is 16.3. The molecule has 2 N–H and O–H groups in total. The number of thioether (sulfide) groups is 1. The Morgan fingerprint density at radius 2 is 1.97 bits per heavy atom. The molecule has 0 saturated heterocycles. The molecule has 0 amide bonds. The Balaban J connectivity index is 1.51. The highest BCUT2D eigenvalue weighted by molar-refractivity contribution is 9.10. The smallest absolute Gasteiger partial charge is 0.342 e. The van der Waals surface area contributed by atoms with E-state index in [1.54, 1.807) is 54.6 Å². The molecule has 4 rings (SSSR count). The quantitative estimate of drug-likeness (QED) is 0.163. The van der Waals surface area contributed by atoms with Crippen LogP contribution in [0.1, 0.15) is 11.1 Å². The molecule has 7 nitrogen and oxygen atoms in total. The lowest BCUT2D eigenvalue weighted by Gasteiger charge is -2.10. The number of carboxylic acid groups (broad SMARTS) is 1. The summed E-state index contributed by atoms with van der Waals surface area (Å²) in [6.45, 7) is 0.0568. The number of benzene rings is 3. The van der Waals surface area contributed by atoms with Crippen LogP contribution >= 0.6 is 39.3 Å². The highest BCUT2D eigenvalue weighted by atomic mass is 79.9. The summed E-state index contributed by atoms with van der Waals surface area (Å²) in [6.07, 6.45) is 1.49. The predicted octanol–water partition coefficient (Wildman–Crippen LogP) is 6.83. The summed E-state index contributed by atoms with van der Waals surface area (Å²) >= 11 is 10.4. The number of rotatable bonds is 9. The van der Waals surface area contributed by atoms with E-state index in [4.69, 9.17) is 21.1 Å². The van der Waals surface area contributed by atoms with Crippen molar-refractivity contribution in [3.8, 4) is 22.9 Å². The molecule has 0 saturated carbocycles. The fourth-order valence-electron chi connectivity index (χ4n) is 3.16. The van der Waals surface area contributed by atoms with E-state index in [2.05, 4.69) is 31.1 Å². The minimum atomic E-state index is -1.14. The molecule has 0 fully saturated rings. The third-order valence-corrected chi connectivity index (χ3v) is 6.62. The SMILES string of the molecule is COc1ccc(Cl)cc1-c1nc(S/C(=C\c2ccc(OCc3ccccc3F)c(Br)c2)C(=O)O)n[nH]1. The molecular weight excluding hydrogens is 573 g/mol. The van der Waals surface area contributed by atoms with Gasteiger partial charge in [-0.3, -0.25) is 5.10 Å². The normalized spacial score (nSPS) is 11.4. The van der Waals surface area contributed by atoms with Crippen LogP contribution in [0.3, 0.4) is 0 Å². The zero-order chi connectivity index (χ0) is 25.7. The van der Waals surface area contributed by atoms with Gasteiger partial charge in [-0.2, -0.15) is 0 Å². The Bertz CT molecular complexity index is 1450. The molecule has 0 bridgehead atoms. The Morgan fingerprint density at radius 1 is 1.19 bits per heavy atom. The number of nitrogens with zero attached hydrogens (tertiary/aromatic N) is 2. The van der Waals surface area contributed by atoms with Crippen molar-refractivity contribution in [1.82, 2.24) is 15.2 Å². The molecule has 1 aromatic heterocycles. The molecule has 4 aromatic rings. The second kappa shape index (κ2) is 11.6. The molecule has 3 aromatic carbocycles. The monoisotopic (exact) mass is 589 g/mol. The predicted molar refractivity (Wildman–Crippen MR) is 140 cm³/mol. The number of aromatic amines is 1. The first kappa shape index (κ1) is 25.7. The topological polar surface area (TPSA) is 97.3 Å². The lowest BCUT2D eigenvalue weighted by atomic mass is 10.2. The van der Waals surface area contributed by atoms with Gasteiger partial charge < -0.3 is 14.6 Å². The summed E-state index contributed by atoms with van der Waals surface area (Å²) < 4.78 is 25.5. The van der Waals surface area contributed by atoms with Crippen LogP contribution in [0.4, 0.5) is 4.39 Å². The van der Waals surface area contributed by atoms with E-state index in [1.807, 2.05) is 0 Å². The molecule has 0 spiro atoms. The van der Waals surface area contributed by atoms with E-state index >= 15 is 0 Å². The molecule has 0 atom stereocenters. The molecule has 0 radical (unpaired) electrons. The van der Waals surface area contributed by atoms with Crippen molar-refractivity contribution in [2.24, 2.45) is 0 Å². The molecule has 0 aliphatic carbocycles. The van der Waals surface area contributed by atoms with Crippen LogP contribution < -0.4 is 9.47 Å². The van der Waals surface area contributed by atoms with Crippen molar-refractivity contribution in [2.45, 2.75) is 11.8 Å². The molecule has 1 heterocycles. The van der Waals surface area contributed by atoms with Crippen LogP contribution in [0.15, 0.2) is 75.2 Å². The fraction of sp³-hybridized carbons (Fsp3) is 0.0800. The second-order valence-electron chi connectivity index (χ2n) is 7.30. The maximum atomic E-state index is 13.8. The molecule has 0 unspecified atom stereocenters. The number of hydrogen-bond donors (Lipinski definition) is 2. The Morgan fingerprint density at radius 3 is 2.69 bits per heavy atom. The van der Waals surface area contributed by atoms with Gasteiger partial charge in [-0.05, 0) is 75.7 Å². The summed E-state index contributed by atoms with van der Waals surface area (Å²) in [5, 5.41) is 17.3. The molecule has 0 aliphatic heterocycles. The van der Waals surface area contributed by atoms with Gasteiger partial charge in [-0.1, -0.05) is 35.9 Å². The highest BCUT2D eigenvalue weighted by Gasteiger charge is 2.17. The zero-order valence-electron chi connectivity index (χ0n) is 18.7. The van der Waals surface area contributed by atoms with E-state index in [1.165, 1.54) is 19.3 Å². The van der Waals surface area contributed by atoms with Crippen LogP contribution in [0, 0.1) is 5.82 Å². The number of methoxy groups -OCH3 is 1. The van der Waals surface area contributed by atoms with E-state index in [-0.39, 0.29) is 22.5 Å². The largest absolute Gasteiger partial charge is 0.496 e. The number of hydrogen-bond acceptors (Lipinski definition) is 6. The third kappa shape index (κ3) is 6.26. The average Bonchev–Trinajstić information content (AvgIpc) is 3.32. The standard InChI is InChI=1S/C25H18BrClFN3O4S/c1-34-20-9-7-16(27)12-17(20)23-29-25(31-30-23)36-22(24(32)33)11-14-6-8-21(18(26)10-14)35-13-15-4-2-3-5-19(15)28/h2-12H,13H2,1H3,(H,32,33)(H,29,30,31)/b22-11-. The summed E-state index contributed by atoms with van der Waals surface area (Å²) in [6, 6.07) is 16.5. The first-order chi connectivity index (χ1) is 17.3. The fourth-order valence-corrected chi connectivity index (χ4v) is 4.55. The van der Waals surface area contributed by atoms with Crippen molar-refractivity contribution < 1.29 is 23.8 Å². The summed E-state index contributed by atoms with van der Waals surface area (Å²) in [5.74, 6) is -0.0547. The van der Waals surface area contributed by atoms with Gasteiger partial charge in [0, 0.05) is 10.6 Å². The van der Waals surface area contributed by atoms with Crippen LogP contribution in [0.2, 0.25) is 5.02 Å². The van der Waals surface area contributed by atoms with Gasteiger partial charge in [-0.25, -0.2) is 14.2 Å². The highest BCUT2D eigenvalue weighted by Crippen LogP contribution is 2.34. The molecular formula is C25H18BrClFN3O4S. The molecule has 0 aliphatic rings. The van der Waals surface area contributed by atoms with Crippen molar-refractivity contribution in [2.75, 3.05) is 7.11 Å². The molecule has 36 heavy (non-hydrogen) atoms. The third-order valence-electron chi connectivity index (χ3n) is 4.89. The van der Waals surface area contributed by atoms with Crippen molar-refractivity contribution >= 4 is 51.3 Å². The van der Waals surface area contributed by atoms with Crippen molar-refractivity contribution in [3.05, 3.63) is 92.0 Å². The lowest BCUT2D eigenvalue weighted by molar-refractivity contribution is -0.131. The zero-order valence-corrected chi connectivity index (χ0v) is 21.8. The Labute approximate surface area is 223 Å². The van der Waals surface area contributed by atoms with Gasteiger partial charge in [0.05, 0.1) is 17.1 Å². The Hall–Kier alpha value is -3.34. The lowest BCUT2D eigenvalue weighted by Crippen LogP contribution is -1.99. The van der Waals surface area contributed by atoms with E-state index in [0.717, 1.165) is 11.8 Å². The van der Waals surface area contributed by atoms with Crippen LogP contribution in [0.5, 0.6) is 11.5 Å². The first-order valence-electron chi connectivity index (χ1n) is 10.4. The van der Waals surface area contributed by atoms with Crippen LogP contribution in [0.25, 0.3) is 17.5 Å². The number of H-pyrrole nitrogens is 1. The number of carboxylic acids is 1. The maximum absolute atomic E-state index is 13.8. The minimum Gasteiger partial charge on any atom is -0.496 e. The minimum absolute atomic E-state index is 0.00512. The van der Waals surface area contributed by atoms with Gasteiger partial charge in [-0.15, -0.1) is 5.10 Å². The van der Waals surface area contributed by atoms with Gasteiger partial charge in [0.25, 0.3) is 0 Å².